The third-order valence-electron chi connectivity index (χ3n) is 14.9. The molecule has 4 aliphatic rings. The summed E-state index contributed by atoms with van der Waals surface area (Å²) in [5.74, 6) is 3.18. The molecule has 0 unspecified atom stereocenters. The van der Waals surface area contributed by atoms with Crippen molar-refractivity contribution in [1.82, 2.24) is 4.98 Å². The zero-order valence-electron chi connectivity index (χ0n) is 40.0. The Morgan fingerprint density at radius 1 is 0.311 bits per heavy atom. The van der Waals surface area contributed by atoms with Gasteiger partial charge in [-0.3, -0.25) is 0 Å². The third-order valence-corrected chi connectivity index (χ3v) is 21.4. The van der Waals surface area contributed by atoms with Gasteiger partial charge in [0, 0.05) is 73.6 Å². The monoisotopic (exact) mass is 979 g/mol. The van der Waals surface area contributed by atoms with Gasteiger partial charge in [0.2, 0.25) is 5.88 Å². The number of anilines is 12. The average Bonchev–Trinajstić information content (AvgIpc) is 3.47. The first-order chi connectivity index (χ1) is 36.7. The number of hydrogen-bond donors (Lipinski definition) is 0. The first kappa shape index (κ1) is 42.9. The number of fused-ring (bicyclic) bond motifs is 8. The van der Waals surface area contributed by atoms with E-state index in [4.69, 9.17) is 14.5 Å². The topological polar surface area (TPSA) is 44.3 Å². The fourth-order valence-corrected chi connectivity index (χ4v) is 18.6. The van der Waals surface area contributed by atoms with Crippen LogP contribution in [0.4, 0.5) is 68.2 Å². The fourth-order valence-electron chi connectivity index (χ4n) is 11.8. The van der Waals surface area contributed by atoms with Crippen LogP contribution in [0.5, 0.6) is 23.1 Å². The second-order valence-corrected chi connectivity index (χ2v) is 24.4. The number of ether oxygens (including phenoxy) is 2. The van der Waals surface area contributed by atoms with Crippen molar-refractivity contribution in [3.8, 4) is 23.1 Å². The Kier molecular flexibility index (Phi) is 10.1. The van der Waals surface area contributed by atoms with Crippen LogP contribution in [0.25, 0.3) is 0 Å². The molecule has 0 aliphatic carbocycles. The van der Waals surface area contributed by atoms with E-state index in [0.717, 1.165) is 88.8 Å². The summed E-state index contributed by atoms with van der Waals surface area (Å²) in [6.07, 6.45) is 0. The van der Waals surface area contributed by atoms with Gasteiger partial charge in [0.25, 0.3) is 0 Å². The van der Waals surface area contributed by atoms with E-state index < -0.39 is 28.3 Å². The predicted octanol–water partition coefficient (Wildman–Crippen LogP) is 12.8. The Labute approximate surface area is 438 Å². The molecule has 15 rings (SSSR count). The van der Waals surface area contributed by atoms with Gasteiger partial charge in [-0.25, -0.2) is 4.98 Å². The van der Waals surface area contributed by atoms with Crippen LogP contribution < -0.4 is 55.8 Å². The Hall–Kier alpha value is -8.79. The number of benzene rings is 10. The second-order valence-electron chi connectivity index (χ2n) is 19.1. The summed E-state index contributed by atoms with van der Waals surface area (Å²) >= 11 is -4.71. The Morgan fingerprint density at radius 2 is 0.689 bits per heavy atom. The summed E-state index contributed by atoms with van der Waals surface area (Å²) in [4.78, 5) is 15.3. The molecule has 4 aliphatic heterocycles. The smallest absolute Gasteiger partial charge is 0.430 e. The van der Waals surface area contributed by atoms with Crippen molar-refractivity contribution in [1.29, 1.82) is 0 Å². The van der Waals surface area contributed by atoms with Crippen LogP contribution in [0, 0.1) is 0 Å². The molecule has 0 fully saturated rings. The second kappa shape index (κ2) is 17.5. The highest BCUT2D eigenvalue weighted by Gasteiger charge is 2.50. The van der Waals surface area contributed by atoms with Crippen molar-refractivity contribution in [2.45, 2.75) is 0 Å². The number of rotatable bonds is 8. The highest BCUT2D eigenvalue weighted by atomic mass is 27.2. The van der Waals surface area contributed by atoms with Gasteiger partial charge in [-0.1, -0.05) is 154 Å². The largest absolute Gasteiger partial charge is 0.458 e. The SMILES string of the molecule is c1ccc(N(c2ccccc2)c2cc3[c]4c(c2)N(c2ccccc2)c2cccc[c]2[Al]4[c]2cc4[c](nc2O3)[Al]2[c]3ccccc3N(c3ccccc3)c3cc(N(c5ccccc5)c5ccccc5)cc([c]32)O4)cc1. The number of nitrogens with zero attached hydrogens (tertiary/aromatic N) is 5. The summed E-state index contributed by atoms with van der Waals surface area (Å²) in [5.41, 5.74) is 12.9. The van der Waals surface area contributed by atoms with Crippen LogP contribution in [-0.4, -0.2) is 33.3 Å². The molecule has 10 aromatic carbocycles. The van der Waals surface area contributed by atoms with Crippen molar-refractivity contribution in [2.24, 2.45) is 0 Å². The van der Waals surface area contributed by atoms with Crippen LogP contribution in [-0.2, 0) is 0 Å². The van der Waals surface area contributed by atoms with Gasteiger partial charge in [-0.05, 0) is 116 Å². The van der Waals surface area contributed by atoms with E-state index in [9.17, 15) is 0 Å². The fraction of sp³-hybridized carbons (Fsp3) is 0. The summed E-state index contributed by atoms with van der Waals surface area (Å²) in [7, 11) is 0. The minimum atomic E-state index is -2.38. The lowest BCUT2D eigenvalue weighted by Crippen LogP contribution is -2.63. The molecule has 0 bridgehead atoms. The van der Waals surface area contributed by atoms with Gasteiger partial charge in [0.1, 0.15) is 17.2 Å². The van der Waals surface area contributed by atoms with Crippen molar-refractivity contribution in [3.05, 3.63) is 261 Å². The minimum absolute atomic E-state index is 0.671. The van der Waals surface area contributed by atoms with E-state index >= 15 is 0 Å². The summed E-state index contributed by atoms with van der Waals surface area (Å²) in [5, 5.41) is 0. The van der Waals surface area contributed by atoms with E-state index in [0.29, 0.717) is 5.88 Å². The maximum atomic E-state index is 7.48. The van der Waals surface area contributed by atoms with Gasteiger partial charge in [-0.2, -0.15) is 0 Å². The minimum Gasteiger partial charge on any atom is -0.458 e. The van der Waals surface area contributed by atoms with E-state index in [2.05, 4.69) is 280 Å². The Bertz CT molecular complexity index is 3610. The zero-order chi connectivity index (χ0) is 48.7. The van der Waals surface area contributed by atoms with E-state index in [-0.39, 0.29) is 0 Å². The first-order valence-electron chi connectivity index (χ1n) is 25.2. The molecular formula is C65H43Al2N5O2. The Balaban J connectivity index is 0.968. The van der Waals surface area contributed by atoms with Crippen molar-refractivity contribution >= 4 is 123 Å². The molecule has 5 heterocycles. The highest BCUT2D eigenvalue weighted by molar-refractivity contribution is 7.00. The summed E-state index contributed by atoms with van der Waals surface area (Å²) < 4.78 is 22.0. The predicted molar refractivity (Wildman–Crippen MR) is 305 cm³/mol. The van der Waals surface area contributed by atoms with Crippen molar-refractivity contribution < 1.29 is 9.47 Å². The quantitative estimate of drug-likeness (QED) is 0.141. The lowest BCUT2D eigenvalue weighted by Gasteiger charge is -2.42. The molecule has 0 N–H and O–H groups in total. The molecule has 1 aromatic heterocycles. The van der Waals surface area contributed by atoms with Gasteiger partial charge in [0.15, 0.2) is 0 Å². The molecule has 0 atom stereocenters. The molecule has 346 valence electrons. The van der Waals surface area contributed by atoms with E-state index in [1.807, 2.05) is 0 Å². The van der Waals surface area contributed by atoms with Gasteiger partial charge in [0.05, 0.1) is 11.4 Å². The molecule has 7 nitrogen and oxygen atoms in total. The summed E-state index contributed by atoms with van der Waals surface area (Å²) in [6.45, 7) is 0. The lowest BCUT2D eigenvalue weighted by molar-refractivity contribution is 0.459. The standard InChI is InChI=1S/C65H43N5O2.2Al/c1-9-25-50(26-10-1)67(51-27-11-2-12-28-51)58-43-59(68(52-29-13-3-14-30-52)53-31-15-4-16-32-53)46-63(45-58)71-62-41-42-65(66-49-62)72-64-47-60(69(54-33-17-5-18-34-54)55-35-19-6-20-36-55)44-61(48-64)70(56-37-21-7-22-38-56)57-39-23-8-24-40-57;;/h1-31,33-39,41,43-45,47H;;. The number of para-hydroxylation sites is 8. The third kappa shape index (κ3) is 6.83. The molecule has 0 amide bonds. The van der Waals surface area contributed by atoms with Gasteiger partial charge >= 0.3 is 28.3 Å². The van der Waals surface area contributed by atoms with Crippen molar-refractivity contribution in [3.63, 3.8) is 0 Å². The van der Waals surface area contributed by atoms with E-state index in [1.165, 1.54) is 23.4 Å². The molecule has 9 heteroatoms. The Morgan fingerprint density at radius 3 is 1.15 bits per heavy atom. The maximum absolute atomic E-state index is 7.48. The van der Waals surface area contributed by atoms with E-state index in [1.54, 1.807) is 0 Å². The molecule has 0 saturated carbocycles. The van der Waals surface area contributed by atoms with Gasteiger partial charge in [-0.15, -0.1) is 0 Å². The van der Waals surface area contributed by atoms with Crippen LogP contribution in [0.2, 0.25) is 0 Å². The number of hydrogen-bond acceptors (Lipinski definition) is 7. The lowest BCUT2D eigenvalue weighted by atomic mass is 10.1. The average molecular weight is 980 g/mol. The van der Waals surface area contributed by atoms with Crippen LogP contribution in [0.15, 0.2) is 261 Å². The number of pyridine rings is 1. The maximum Gasteiger partial charge on any atom is 0.430 e. The van der Waals surface area contributed by atoms with Crippen LogP contribution >= 0.6 is 0 Å². The summed E-state index contributed by atoms with van der Waals surface area (Å²) in [6, 6.07) is 93.4. The zero-order valence-corrected chi connectivity index (χ0v) is 42.3. The van der Waals surface area contributed by atoms with Crippen LogP contribution in [0.3, 0.4) is 0 Å². The molecule has 11 aromatic rings. The van der Waals surface area contributed by atoms with Crippen molar-refractivity contribution in [2.75, 3.05) is 19.6 Å². The molecule has 0 spiro atoms. The first-order valence-corrected chi connectivity index (χ1v) is 28.6. The molecular weight excluding hydrogens is 937 g/mol. The van der Waals surface area contributed by atoms with Crippen LogP contribution in [0.1, 0.15) is 0 Å². The molecule has 74 heavy (non-hydrogen) atoms. The molecule has 0 saturated heterocycles. The van der Waals surface area contributed by atoms with Gasteiger partial charge < -0.3 is 29.1 Å². The normalized spacial score (nSPS) is 13.0. The number of aromatic nitrogens is 1. The highest BCUT2D eigenvalue weighted by Crippen LogP contribution is 2.48. The molecule has 0 radical (unpaired) electrons.